The molecular formula is C8H15NO2. The SMILES string of the molecule is CCOC(=O)/C(N)=C/C(C)C. The van der Waals surface area contributed by atoms with E-state index in [2.05, 4.69) is 4.74 Å². The molecule has 0 rings (SSSR count). The van der Waals surface area contributed by atoms with Crippen LogP contribution in [0.2, 0.25) is 0 Å². The van der Waals surface area contributed by atoms with Crippen LogP contribution < -0.4 is 5.73 Å². The molecule has 2 N–H and O–H groups in total. The summed E-state index contributed by atoms with van der Waals surface area (Å²) in [4.78, 5) is 10.9. The van der Waals surface area contributed by atoms with Crippen molar-refractivity contribution in [2.75, 3.05) is 6.61 Å². The van der Waals surface area contributed by atoms with Crippen LogP contribution in [0.5, 0.6) is 0 Å². The molecular weight excluding hydrogens is 142 g/mol. The van der Waals surface area contributed by atoms with Crippen LogP contribution in [0.15, 0.2) is 11.8 Å². The van der Waals surface area contributed by atoms with E-state index in [9.17, 15) is 4.79 Å². The summed E-state index contributed by atoms with van der Waals surface area (Å²) in [5, 5.41) is 0. The molecule has 0 spiro atoms. The molecule has 0 radical (unpaired) electrons. The zero-order chi connectivity index (χ0) is 8.85. The Morgan fingerprint density at radius 3 is 2.55 bits per heavy atom. The van der Waals surface area contributed by atoms with E-state index in [1.54, 1.807) is 13.0 Å². The number of rotatable bonds is 3. The zero-order valence-corrected chi connectivity index (χ0v) is 7.26. The summed E-state index contributed by atoms with van der Waals surface area (Å²) < 4.78 is 4.67. The number of ether oxygens (including phenoxy) is 1. The Morgan fingerprint density at radius 2 is 2.18 bits per heavy atom. The summed E-state index contributed by atoms with van der Waals surface area (Å²) in [5.41, 5.74) is 5.59. The summed E-state index contributed by atoms with van der Waals surface area (Å²) in [6.45, 7) is 6.02. The highest BCUT2D eigenvalue weighted by molar-refractivity contribution is 5.87. The van der Waals surface area contributed by atoms with E-state index in [0.717, 1.165) is 0 Å². The largest absolute Gasteiger partial charge is 0.461 e. The predicted octanol–water partition coefficient (Wildman–Crippen LogP) is 1.05. The fourth-order valence-corrected chi connectivity index (χ4v) is 0.642. The average Bonchev–Trinajstić information content (AvgIpc) is 1.86. The molecule has 0 heterocycles. The normalized spacial score (nSPS) is 11.8. The van der Waals surface area contributed by atoms with Gasteiger partial charge in [-0.25, -0.2) is 4.79 Å². The molecule has 0 saturated carbocycles. The van der Waals surface area contributed by atoms with Crippen LogP contribution in [0.3, 0.4) is 0 Å². The molecule has 0 bridgehead atoms. The van der Waals surface area contributed by atoms with Gasteiger partial charge in [0, 0.05) is 0 Å². The summed E-state index contributed by atoms with van der Waals surface area (Å²) in [5.74, 6) is -0.152. The molecule has 0 aliphatic rings. The van der Waals surface area contributed by atoms with Crippen LogP contribution >= 0.6 is 0 Å². The molecule has 0 saturated heterocycles. The lowest BCUT2D eigenvalue weighted by molar-refractivity contribution is -0.138. The minimum absolute atomic E-state index is 0.196. The second-order valence-electron chi connectivity index (χ2n) is 2.59. The van der Waals surface area contributed by atoms with Crippen LogP contribution in [-0.2, 0) is 9.53 Å². The van der Waals surface area contributed by atoms with Crippen molar-refractivity contribution in [1.82, 2.24) is 0 Å². The fourth-order valence-electron chi connectivity index (χ4n) is 0.642. The first kappa shape index (κ1) is 10.0. The molecule has 0 aliphatic heterocycles. The highest BCUT2D eigenvalue weighted by atomic mass is 16.5. The standard InChI is InChI=1S/C8H15NO2/c1-4-11-8(10)7(9)5-6(2)3/h5-6H,4,9H2,1-3H3/b7-5-. The summed E-state index contributed by atoms with van der Waals surface area (Å²) in [7, 11) is 0. The number of hydrogen-bond donors (Lipinski definition) is 1. The molecule has 0 aromatic rings. The zero-order valence-electron chi connectivity index (χ0n) is 7.26. The van der Waals surface area contributed by atoms with Crippen molar-refractivity contribution in [1.29, 1.82) is 0 Å². The lowest BCUT2D eigenvalue weighted by atomic mass is 10.2. The second-order valence-corrected chi connectivity index (χ2v) is 2.59. The first-order valence-electron chi connectivity index (χ1n) is 3.72. The fraction of sp³-hybridized carbons (Fsp3) is 0.625. The number of allylic oxidation sites excluding steroid dienone is 1. The average molecular weight is 157 g/mol. The van der Waals surface area contributed by atoms with E-state index >= 15 is 0 Å². The van der Waals surface area contributed by atoms with Gasteiger partial charge in [0.25, 0.3) is 0 Å². The van der Waals surface area contributed by atoms with E-state index in [4.69, 9.17) is 5.73 Å². The minimum atomic E-state index is -0.429. The maximum Gasteiger partial charge on any atom is 0.353 e. The van der Waals surface area contributed by atoms with Gasteiger partial charge in [-0.3, -0.25) is 0 Å². The Bertz CT molecular complexity index is 161. The Morgan fingerprint density at radius 1 is 1.64 bits per heavy atom. The van der Waals surface area contributed by atoms with Gasteiger partial charge in [-0.1, -0.05) is 19.9 Å². The van der Waals surface area contributed by atoms with E-state index in [1.165, 1.54) is 0 Å². The molecule has 0 aliphatic carbocycles. The van der Waals surface area contributed by atoms with Gasteiger partial charge in [-0.05, 0) is 12.8 Å². The summed E-state index contributed by atoms with van der Waals surface area (Å²) >= 11 is 0. The van der Waals surface area contributed by atoms with E-state index in [-0.39, 0.29) is 11.6 Å². The summed E-state index contributed by atoms with van der Waals surface area (Å²) in [6.07, 6.45) is 1.68. The van der Waals surface area contributed by atoms with Crippen molar-refractivity contribution in [2.45, 2.75) is 20.8 Å². The molecule has 64 valence electrons. The van der Waals surface area contributed by atoms with Gasteiger partial charge in [-0.15, -0.1) is 0 Å². The van der Waals surface area contributed by atoms with E-state index in [0.29, 0.717) is 6.61 Å². The molecule has 11 heavy (non-hydrogen) atoms. The van der Waals surface area contributed by atoms with Crippen LogP contribution in [0.1, 0.15) is 20.8 Å². The van der Waals surface area contributed by atoms with Crippen molar-refractivity contribution < 1.29 is 9.53 Å². The Hall–Kier alpha value is -0.990. The molecule has 0 fully saturated rings. The second kappa shape index (κ2) is 4.77. The van der Waals surface area contributed by atoms with Gasteiger partial charge in [0.15, 0.2) is 0 Å². The van der Waals surface area contributed by atoms with Crippen molar-refractivity contribution in [3.05, 3.63) is 11.8 Å². The number of esters is 1. The molecule has 0 atom stereocenters. The molecule has 0 aromatic carbocycles. The Kier molecular flexibility index (Phi) is 4.34. The molecule has 3 nitrogen and oxygen atoms in total. The Labute approximate surface area is 67.2 Å². The maximum absolute atomic E-state index is 10.9. The first-order chi connectivity index (χ1) is 5.07. The number of carbonyl (C=O) groups excluding carboxylic acids is 1. The van der Waals surface area contributed by atoms with Gasteiger partial charge in [0.1, 0.15) is 5.70 Å². The lowest BCUT2D eigenvalue weighted by Crippen LogP contribution is -2.15. The van der Waals surface area contributed by atoms with Gasteiger partial charge in [-0.2, -0.15) is 0 Å². The highest BCUT2D eigenvalue weighted by Crippen LogP contribution is 1.98. The topological polar surface area (TPSA) is 52.3 Å². The molecule has 0 amide bonds. The highest BCUT2D eigenvalue weighted by Gasteiger charge is 2.04. The third-order valence-electron chi connectivity index (χ3n) is 1.02. The maximum atomic E-state index is 10.9. The third kappa shape index (κ3) is 4.42. The van der Waals surface area contributed by atoms with E-state index < -0.39 is 5.97 Å². The summed E-state index contributed by atoms with van der Waals surface area (Å²) in [6, 6.07) is 0. The van der Waals surface area contributed by atoms with Crippen LogP contribution in [0.4, 0.5) is 0 Å². The Balaban J connectivity index is 4.01. The quantitative estimate of drug-likeness (QED) is 0.492. The first-order valence-corrected chi connectivity index (χ1v) is 3.72. The molecule has 0 aromatic heterocycles. The van der Waals surface area contributed by atoms with Gasteiger partial charge in [0.05, 0.1) is 6.61 Å². The van der Waals surface area contributed by atoms with Crippen molar-refractivity contribution >= 4 is 5.97 Å². The third-order valence-corrected chi connectivity index (χ3v) is 1.02. The van der Waals surface area contributed by atoms with Crippen LogP contribution in [0, 0.1) is 5.92 Å². The number of hydrogen-bond acceptors (Lipinski definition) is 3. The van der Waals surface area contributed by atoms with Crippen molar-refractivity contribution in [3.8, 4) is 0 Å². The van der Waals surface area contributed by atoms with Crippen molar-refractivity contribution in [2.24, 2.45) is 11.7 Å². The molecule has 0 unspecified atom stereocenters. The predicted molar refractivity (Wildman–Crippen MR) is 43.7 cm³/mol. The van der Waals surface area contributed by atoms with E-state index in [1.807, 2.05) is 13.8 Å². The lowest BCUT2D eigenvalue weighted by Gasteiger charge is -2.02. The smallest absolute Gasteiger partial charge is 0.353 e. The number of carbonyl (C=O) groups is 1. The van der Waals surface area contributed by atoms with Gasteiger partial charge >= 0.3 is 5.97 Å². The van der Waals surface area contributed by atoms with Crippen molar-refractivity contribution in [3.63, 3.8) is 0 Å². The monoisotopic (exact) mass is 157 g/mol. The minimum Gasteiger partial charge on any atom is -0.461 e. The van der Waals surface area contributed by atoms with Gasteiger partial charge in [0.2, 0.25) is 0 Å². The van der Waals surface area contributed by atoms with Crippen LogP contribution in [-0.4, -0.2) is 12.6 Å². The van der Waals surface area contributed by atoms with Gasteiger partial charge < -0.3 is 10.5 Å². The number of nitrogens with two attached hydrogens (primary N) is 1. The molecule has 3 heteroatoms. The van der Waals surface area contributed by atoms with Crippen LogP contribution in [0.25, 0.3) is 0 Å².